The van der Waals surface area contributed by atoms with Gasteiger partial charge in [-0.15, -0.1) is 0 Å². The second kappa shape index (κ2) is 7.38. The summed E-state index contributed by atoms with van der Waals surface area (Å²) in [5.41, 5.74) is 1.34. The van der Waals surface area contributed by atoms with Crippen molar-refractivity contribution in [3.05, 3.63) is 40.3 Å². The third-order valence-corrected chi connectivity index (χ3v) is 3.98. The lowest BCUT2D eigenvalue weighted by Crippen LogP contribution is -2.17. The summed E-state index contributed by atoms with van der Waals surface area (Å²) in [5.74, 6) is -0.509. The van der Waals surface area contributed by atoms with Crippen LogP contribution in [0, 0.1) is 0 Å². The molecule has 1 aliphatic heterocycles. The number of carbonyl (C=O) groups is 2. The predicted octanol–water partition coefficient (Wildman–Crippen LogP) is 3.13. The maximum absolute atomic E-state index is 11.7. The van der Waals surface area contributed by atoms with E-state index in [1.54, 1.807) is 30.3 Å². The summed E-state index contributed by atoms with van der Waals surface area (Å²) >= 11 is 6.16. The van der Waals surface area contributed by atoms with Crippen LogP contribution in [0.5, 0.6) is 0 Å². The normalized spacial score (nSPS) is 16.1. The molecule has 2 rings (SSSR count). The van der Waals surface area contributed by atoms with Crippen molar-refractivity contribution in [2.24, 2.45) is 0 Å². The second-order valence-corrected chi connectivity index (χ2v) is 6.18. The molecule has 0 atom stereocenters. The van der Waals surface area contributed by atoms with Crippen LogP contribution in [0.4, 0.5) is 0 Å². The zero-order chi connectivity index (χ0) is 15.2. The third-order valence-electron chi connectivity index (χ3n) is 2.82. The average molecular weight is 321 g/mol. The molecule has 0 unspecified atom stereocenters. The van der Waals surface area contributed by atoms with Gasteiger partial charge in [0.25, 0.3) is 5.91 Å². The number of nitrogens with one attached hydrogen (secondary N) is 1. The standard InChI is InChI=1S/C15H15NO3S2/c1-2-3-8-19-14(18)11-6-4-10(5-7-11)9-12-13(17)16-15(20)21-12/h4-7,9H,2-3,8H2,1H3,(H,16,17,20). The summed E-state index contributed by atoms with van der Waals surface area (Å²) in [7, 11) is 0. The molecule has 21 heavy (non-hydrogen) atoms. The van der Waals surface area contributed by atoms with Crippen LogP contribution in [0.25, 0.3) is 6.08 Å². The number of unbranched alkanes of at least 4 members (excludes halogenated alkanes) is 1. The molecule has 1 aromatic rings. The van der Waals surface area contributed by atoms with E-state index >= 15 is 0 Å². The van der Waals surface area contributed by atoms with E-state index in [4.69, 9.17) is 17.0 Å². The Morgan fingerprint density at radius 3 is 2.67 bits per heavy atom. The first-order chi connectivity index (χ1) is 10.1. The molecule has 0 bridgehead atoms. The van der Waals surface area contributed by atoms with E-state index in [-0.39, 0.29) is 11.9 Å². The molecule has 1 aliphatic rings. The molecule has 1 N–H and O–H groups in total. The van der Waals surface area contributed by atoms with Crippen molar-refractivity contribution >= 4 is 46.3 Å². The Hall–Kier alpha value is -1.66. The van der Waals surface area contributed by atoms with Crippen molar-refractivity contribution in [3.8, 4) is 0 Å². The highest BCUT2D eigenvalue weighted by molar-refractivity contribution is 8.26. The van der Waals surface area contributed by atoms with Crippen molar-refractivity contribution in [2.75, 3.05) is 6.61 Å². The largest absolute Gasteiger partial charge is 0.462 e. The first-order valence-electron chi connectivity index (χ1n) is 6.62. The van der Waals surface area contributed by atoms with Gasteiger partial charge in [-0.2, -0.15) is 0 Å². The third kappa shape index (κ3) is 4.41. The molecule has 0 aromatic heterocycles. The molecule has 1 fully saturated rings. The fourth-order valence-electron chi connectivity index (χ4n) is 1.68. The van der Waals surface area contributed by atoms with E-state index in [1.165, 1.54) is 11.8 Å². The smallest absolute Gasteiger partial charge is 0.338 e. The minimum atomic E-state index is -0.322. The van der Waals surface area contributed by atoms with Gasteiger partial charge < -0.3 is 10.1 Å². The number of thiocarbonyl (C=S) groups is 1. The maximum Gasteiger partial charge on any atom is 0.338 e. The number of hydrogen-bond donors (Lipinski definition) is 1. The topological polar surface area (TPSA) is 55.4 Å². The van der Waals surface area contributed by atoms with Gasteiger partial charge >= 0.3 is 5.97 Å². The molecule has 1 saturated heterocycles. The second-order valence-electron chi connectivity index (χ2n) is 4.46. The van der Waals surface area contributed by atoms with E-state index < -0.39 is 0 Å². The number of hydrogen-bond acceptors (Lipinski definition) is 5. The van der Waals surface area contributed by atoms with Crippen molar-refractivity contribution in [1.29, 1.82) is 0 Å². The number of thioether (sulfide) groups is 1. The molecule has 6 heteroatoms. The van der Waals surface area contributed by atoms with E-state index in [1.807, 2.05) is 6.92 Å². The van der Waals surface area contributed by atoms with Gasteiger partial charge in [-0.25, -0.2) is 4.79 Å². The Kier molecular flexibility index (Phi) is 5.52. The van der Waals surface area contributed by atoms with Gasteiger partial charge in [0.1, 0.15) is 4.32 Å². The number of rotatable bonds is 5. The van der Waals surface area contributed by atoms with Crippen LogP contribution in [0.15, 0.2) is 29.2 Å². The molecular formula is C15H15NO3S2. The molecule has 4 nitrogen and oxygen atoms in total. The van der Waals surface area contributed by atoms with Gasteiger partial charge in [0.05, 0.1) is 17.1 Å². The molecule has 1 amide bonds. The highest BCUT2D eigenvalue weighted by atomic mass is 32.2. The molecule has 1 heterocycles. The van der Waals surface area contributed by atoms with Gasteiger partial charge in [0.2, 0.25) is 0 Å². The first-order valence-corrected chi connectivity index (χ1v) is 7.84. The Bertz CT molecular complexity index is 593. The molecule has 0 saturated carbocycles. The summed E-state index contributed by atoms with van der Waals surface area (Å²) in [6.07, 6.45) is 3.59. The van der Waals surface area contributed by atoms with E-state index in [0.29, 0.717) is 21.4 Å². The maximum atomic E-state index is 11.7. The number of ether oxygens (including phenoxy) is 1. The van der Waals surface area contributed by atoms with Crippen LogP contribution >= 0.6 is 24.0 Å². The molecular weight excluding hydrogens is 306 g/mol. The zero-order valence-electron chi connectivity index (χ0n) is 11.5. The van der Waals surface area contributed by atoms with Crippen LogP contribution in [0.1, 0.15) is 35.7 Å². The van der Waals surface area contributed by atoms with E-state index in [9.17, 15) is 9.59 Å². The van der Waals surface area contributed by atoms with Gasteiger partial charge in [0.15, 0.2) is 0 Å². The summed E-state index contributed by atoms with van der Waals surface area (Å²) in [6, 6.07) is 6.93. The minimum Gasteiger partial charge on any atom is -0.462 e. The molecule has 1 aromatic carbocycles. The highest BCUT2D eigenvalue weighted by Crippen LogP contribution is 2.25. The van der Waals surface area contributed by atoms with Gasteiger partial charge in [-0.1, -0.05) is 49.5 Å². The summed E-state index contributed by atoms with van der Waals surface area (Å²) in [5, 5.41) is 2.56. The Morgan fingerprint density at radius 2 is 2.10 bits per heavy atom. The lowest BCUT2D eigenvalue weighted by molar-refractivity contribution is -0.115. The van der Waals surface area contributed by atoms with Crippen LogP contribution in [0.3, 0.4) is 0 Å². The monoisotopic (exact) mass is 321 g/mol. The van der Waals surface area contributed by atoms with Crippen LogP contribution in [-0.2, 0) is 9.53 Å². The summed E-state index contributed by atoms with van der Waals surface area (Å²) in [6.45, 7) is 2.48. The molecule has 0 radical (unpaired) electrons. The van der Waals surface area contributed by atoms with E-state index in [2.05, 4.69) is 5.32 Å². The van der Waals surface area contributed by atoms with Gasteiger partial charge in [-0.3, -0.25) is 4.79 Å². The summed E-state index contributed by atoms with van der Waals surface area (Å²) < 4.78 is 5.59. The number of esters is 1. The van der Waals surface area contributed by atoms with Crippen LogP contribution in [0.2, 0.25) is 0 Å². The summed E-state index contributed by atoms with van der Waals surface area (Å²) in [4.78, 5) is 23.9. The fourth-order valence-corrected chi connectivity index (χ4v) is 2.72. The van der Waals surface area contributed by atoms with Crippen LogP contribution in [-0.4, -0.2) is 22.8 Å². The predicted molar refractivity (Wildman–Crippen MR) is 87.9 cm³/mol. The van der Waals surface area contributed by atoms with Crippen molar-refractivity contribution in [1.82, 2.24) is 5.32 Å². The van der Waals surface area contributed by atoms with Crippen molar-refractivity contribution < 1.29 is 14.3 Å². The number of carbonyl (C=O) groups excluding carboxylic acids is 2. The average Bonchev–Trinajstić information content (AvgIpc) is 2.78. The first kappa shape index (κ1) is 15.7. The van der Waals surface area contributed by atoms with Gasteiger partial charge in [0, 0.05) is 0 Å². The van der Waals surface area contributed by atoms with Gasteiger partial charge in [-0.05, 0) is 30.2 Å². The van der Waals surface area contributed by atoms with Crippen LogP contribution < -0.4 is 5.32 Å². The Balaban J connectivity index is 2.02. The zero-order valence-corrected chi connectivity index (χ0v) is 13.2. The van der Waals surface area contributed by atoms with Crippen molar-refractivity contribution in [3.63, 3.8) is 0 Å². The number of benzene rings is 1. The quantitative estimate of drug-likeness (QED) is 0.391. The molecule has 0 aliphatic carbocycles. The SMILES string of the molecule is CCCCOC(=O)c1ccc(C=C2SC(=S)NC2=O)cc1. The number of amides is 1. The Labute approximate surface area is 132 Å². The minimum absolute atomic E-state index is 0.187. The van der Waals surface area contributed by atoms with Crippen molar-refractivity contribution in [2.45, 2.75) is 19.8 Å². The molecule has 0 spiro atoms. The fraction of sp³-hybridized carbons (Fsp3) is 0.267. The lowest BCUT2D eigenvalue weighted by Gasteiger charge is -2.04. The Morgan fingerprint density at radius 1 is 1.38 bits per heavy atom. The molecule has 110 valence electrons. The lowest BCUT2D eigenvalue weighted by atomic mass is 10.1. The van der Waals surface area contributed by atoms with E-state index in [0.717, 1.165) is 18.4 Å². The highest BCUT2D eigenvalue weighted by Gasteiger charge is 2.21.